The third-order valence-corrected chi connectivity index (χ3v) is 2.23. The van der Waals surface area contributed by atoms with Crippen LogP contribution in [0, 0.1) is 15.2 Å². The second kappa shape index (κ2) is 4.65. The zero-order chi connectivity index (χ0) is 11.6. The minimum Gasteiger partial charge on any atom is -0.481 e. The van der Waals surface area contributed by atoms with Crippen LogP contribution in [0.5, 0.6) is 0 Å². The fourth-order valence-electron chi connectivity index (χ4n) is 0.991. The van der Waals surface area contributed by atoms with E-state index in [0.29, 0.717) is 3.57 Å². The molecular weight excluding hydrogens is 321 g/mol. The van der Waals surface area contributed by atoms with Gasteiger partial charge >= 0.3 is 5.97 Å². The van der Waals surface area contributed by atoms with Crippen molar-refractivity contribution in [2.75, 3.05) is 0 Å². The van der Waals surface area contributed by atoms with Gasteiger partial charge in [0.15, 0.2) is 17.4 Å². The number of rotatable bonds is 3. The van der Waals surface area contributed by atoms with Crippen LogP contribution >= 0.6 is 22.6 Å². The number of carboxylic acids is 1. The zero-order valence-corrected chi connectivity index (χ0v) is 9.42. The maximum atomic E-state index is 13.1. The van der Waals surface area contributed by atoms with Crippen LogP contribution in [0.2, 0.25) is 0 Å². The van der Waals surface area contributed by atoms with Gasteiger partial charge in [-0.2, -0.15) is 0 Å². The average Bonchev–Trinajstić information content (AvgIpc) is 2.09. The molecule has 0 atom stereocenters. The molecule has 0 saturated heterocycles. The van der Waals surface area contributed by atoms with E-state index in [0.717, 1.165) is 12.1 Å². The van der Waals surface area contributed by atoms with Gasteiger partial charge in [-0.15, -0.1) is 0 Å². The van der Waals surface area contributed by atoms with Crippen LogP contribution < -0.4 is 0 Å². The van der Waals surface area contributed by atoms with Crippen molar-refractivity contribution in [2.45, 2.75) is 6.42 Å². The predicted octanol–water partition coefficient (Wildman–Crippen LogP) is 2.23. The highest BCUT2D eigenvalue weighted by Crippen LogP contribution is 2.18. The Morgan fingerprint density at radius 2 is 1.93 bits per heavy atom. The molecule has 0 aromatic heterocycles. The summed E-state index contributed by atoms with van der Waals surface area (Å²) in [6, 6.07) is 2.04. The molecule has 1 N–H and O–H groups in total. The fraction of sp³-hybridized carbons (Fsp3) is 0.111. The molecule has 0 aliphatic rings. The van der Waals surface area contributed by atoms with Gasteiger partial charge in [-0.3, -0.25) is 9.59 Å². The first-order chi connectivity index (χ1) is 6.91. The van der Waals surface area contributed by atoms with E-state index in [-0.39, 0.29) is 0 Å². The molecule has 0 heterocycles. The lowest BCUT2D eigenvalue weighted by atomic mass is 10.1. The van der Waals surface area contributed by atoms with E-state index in [4.69, 9.17) is 5.11 Å². The molecule has 1 rings (SSSR count). The van der Waals surface area contributed by atoms with E-state index in [1.54, 1.807) is 22.6 Å². The predicted molar refractivity (Wildman–Crippen MR) is 55.7 cm³/mol. The number of carboxylic acid groups (broad SMARTS) is 1. The lowest BCUT2D eigenvalue weighted by Crippen LogP contribution is -2.10. The van der Waals surface area contributed by atoms with E-state index in [2.05, 4.69) is 0 Å². The number of hydrogen-bond acceptors (Lipinski definition) is 2. The maximum Gasteiger partial charge on any atom is 0.311 e. The van der Waals surface area contributed by atoms with Crippen molar-refractivity contribution in [2.24, 2.45) is 0 Å². The molecule has 0 aliphatic heterocycles. The minimum atomic E-state index is -1.38. The lowest BCUT2D eigenvalue weighted by molar-refractivity contribution is -0.135. The van der Waals surface area contributed by atoms with Gasteiger partial charge in [-0.1, -0.05) is 0 Å². The Balaban J connectivity index is 3.13. The summed E-state index contributed by atoms with van der Waals surface area (Å²) in [5.41, 5.74) is -0.526. The van der Waals surface area contributed by atoms with E-state index >= 15 is 0 Å². The van der Waals surface area contributed by atoms with Crippen molar-refractivity contribution >= 4 is 34.3 Å². The van der Waals surface area contributed by atoms with E-state index < -0.39 is 35.4 Å². The summed E-state index contributed by atoms with van der Waals surface area (Å²) in [7, 11) is 0. The summed E-state index contributed by atoms with van der Waals surface area (Å²) >= 11 is 1.71. The van der Waals surface area contributed by atoms with Crippen LogP contribution in [-0.4, -0.2) is 16.9 Å². The van der Waals surface area contributed by atoms with Gasteiger partial charge in [0.25, 0.3) is 0 Å². The van der Waals surface area contributed by atoms with Crippen LogP contribution in [0.1, 0.15) is 16.8 Å². The van der Waals surface area contributed by atoms with Crippen molar-refractivity contribution in [3.05, 3.63) is 32.9 Å². The number of aliphatic carboxylic acids is 1. The Labute approximate surface area is 97.2 Å². The number of carbonyl (C=O) groups is 2. The molecule has 1 aromatic carbocycles. The molecule has 0 aliphatic carbocycles. The quantitative estimate of drug-likeness (QED) is 0.401. The maximum absolute atomic E-state index is 13.1. The number of Topliss-reactive ketones (excluding diaryl/α,β-unsaturated/α-hetero) is 1. The van der Waals surface area contributed by atoms with Crippen LogP contribution in [-0.2, 0) is 4.79 Å². The van der Waals surface area contributed by atoms with Gasteiger partial charge in [0, 0.05) is 3.57 Å². The van der Waals surface area contributed by atoms with Gasteiger partial charge in [0.1, 0.15) is 6.42 Å². The van der Waals surface area contributed by atoms with Gasteiger partial charge in [0.05, 0.1) is 5.56 Å². The summed E-state index contributed by atoms with van der Waals surface area (Å²) in [4.78, 5) is 21.4. The highest BCUT2D eigenvalue weighted by Gasteiger charge is 2.18. The second-order valence-corrected chi connectivity index (χ2v) is 3.99. The number of carbonyl (C=O) groups excluding carboxylic acids is 1. The first kappa shape index (κ1) is 12.0. The largest absolute Gasteiger partial charge is 0.481 e. The number of hydrogen-bond donors (Lipinski definition) is 1. The minimum absolute atomic E-state index is 0.334. The summed E-state index contributed by atoms with van der Waals surface area (Å²) in [5, 5.41) is 8.34. The first-order valence-electron chi connectivity index (χ1n) is 3.81. The summed E-state index contributed by atoms with van der Waals surface area (Å²) in [5.74, 6) is -4.78. The molecule has 0 amide bonds. The molecular formula is C9H5F2IO3. The Morgan fingerprint density at radius 1 is 1.33 bits per heavy atom. The van der Waals surface area contributed by atoms with Crippen LogP contribution in [0.4, 0.5) is 8.78 Å². The Bertz CT molecular complexity index is 432. The number of ketones is 1. The Morgan fingerprint density at radius 3 is 2.47 bits per heavy atom. The summed E-state index contributed by atoms with van der Waals surface area (Å²) in [6.07, 6.45) is -0.851. The summed E-state index contributed by atoms with van der Waals surface area (Å²) < 4.78 is 26.3. The monoisotopic (exact) mass is 326 g/mol. The van der Waals surface area contributed by atoms with Crippen molar-refractivity contribution in [3.63, 3.8) is 0 Å². The molecule has 0 radical (unpaired) electrons. The van der Waals surface area contributed by atoms with Crippen molar-refractivity contribution in [1.82, 2.24) is 0 Å². The number of benzene rings is 1. The smallest absolute Gasteiger partial charge is 0.311 e. The SMILES string of the molecule is O=C(O)CC(=O)c1cc(I)cc(F)c1F. The van der Waals surface area contributed by atoms with E-state index in [1.165, 1.54) is 0 Å². The highest BCUT2D eigenvalue weighted by atomic mass is 127. The molecule has 0 unspecified atom stereocenters. The van der Waals surface area contributed by atoms with Crippen LogP contribution in [0.15, 0.2) is 12.1 Å². The molecule has 6 heteroatoms. The highest BCUT2D eigenvalue weighted by molar-refractivity contribution is 14.1. The standard InChI is InChI=1S/C9H5F2IO3/c10-6-2-4(12)1-5(9(6)11)7(13)3-8(14)15/h1-2H,3H2,(H,14,15). The van der Waals surface area contributed by atoms with Crippen molar-refractivity contribution in [1.29, 1.82) is 0 Å². The first-order valence-corrected chi connectivity index (χ1v) is 4.89. The number of halogens is 3. The van der Waals surface area contributed by atoms with E-state index in [1.807, 2.05) is 0 Å². The molecule has 0 saturated carbocycles. The van der Waals surface area contributed by atoms with Crippen molar-refractivity contribution < 1.29 is 23.5 Å². The van der Waals surface area contributed by atoms with Gasteiger partial charge in [-0.05, 0) is 34.7 Å². The third-order valence-electron chi connectivity index (χ3n) is 1.61. The molecule has 1 aromatic rings. The molecule has 0 bridgehead atoms. The topological polar surface area (TPSA) is 54.4 Å². The van der Waals surface area contributed by atoms with Gasteiger partial charge in [-0.25, -0.2) is 8.78 Å². The normalized spacial score (nSPS) is 10.1. The third kappa shape index (κ3) is 2.95. The Kier molecular flexibility index (Phi) is 3.72. The average molecular weight is 326 g/mol. The second-order valence-electron chi connectivity index (χ2n) is 2.74. The van der Waals surface area contributed by atoms with Gasteiger partial charge in [0.2, 0.25) is 0 Å². The molecule has 0 spiro atoms. The summed E-state index contributed by atoms with van der Waals surface area (Å²) in [6.45, 7) is 0. The van der Waals surface area contributed by atoms with Crippen LogP contribution in [0.3, 0.4) is 0 Å². The Hall–Kier alpha value is -1.05. The molecule has 0 fully saturated rings. The van der Waals surface area contributed by atoms with E-state index in [9.17, 15) is 18.4 Å². The zero-order valence-electron chi connectivity index (χ0n) is 7.26. The molecule has 3 nitrogen and oxygen atoms in total. The molecule has 80 valence electrons. The molecule has 15 heavy (non-hydrogen) atoms. The lowest BCUT2D eigenvalue weighted by Gasteiger charge is -2.02. The van der Waals surface area contributed by atoms with Gasteiger partial charge < -0.3 is 5.11 Å². The van der Waals surface area contributed by atoms with Crippen LogP contribution in [0.25, 0.3) is 0 Å². The van der Waals surface area contributed by atoms with Crippen molar-refractivity contribution in [3.8, 4) is 0 Å². The fourth-order valence-corrected chi connectivity index (χ4v) is 1.58.